The summed E-state index contributed by atoms with van der Waals surface area (Å²) in [6.45, 7) is 3.09. The average molecular weight is 330 g/mol. The second kappa shape index (κ2) is 7.05. The summed E-state index contributed by atoms with van der Waals surface area (Å²) < 4.78 is 10.5. The number of Topliss-reactive ketones (excluding diaryl/α,β-unsaturated/α-hetero) is 1. The Hall–Kier alpha value is -2.34. The van der Waals surface area contributed by atoms with Gasteiger partial charge in [0.25, 0.3) is 5.91 Å². The van der Waals surface area contributed by atoms with Crippen LogP contribution in [0.4, 0.5) is 0 Å². The van der Waals surface area contributed by atoms with Crippen LogP contribution in [-0.4, -0.2) is 41.8 Å². The molecule has 0 bridgehead atoms. The number of ether oxygens (including phenoxy) is 1. The number of hydrogen-bond acceptors (Lipinski definition) is 4. The molecule has 1 N–H and O–H groups in total. The Balaban J connectivity index is 1.88. The van der Waals surface area contributed by atoms with Gasteiger partial charge in [-0.1, -0.05) is 0 Å². The summed E-state index contributed by atoms with van der Waals surface area (Å²) in [5.74, 6) is 0.700. The van der Waals surface area contributed by atoms with Gasteiger partial charge in [-0.15, -0.1) is 0 Å². The third kappa shape index (κ3) is 3.14. The first-order chi connectivity index (χ1) is 11.6. The number of rotatable bonds is 6. The third-order valence-corrected chi connectivity index (χ3v) is 4.43. The molecule has 0 aromatic carbocycles. The zero-order valence-corrected chi connectivity index (χ0v) is 14.1. The van der Waals surface area contributed by atoms with Crippen molar-refractivity contribution in [3.8, 4) is 0 Å². The number of H-pyrrole nitrogens is 1. The number of nitrogens with zero attached hydrogens (tertiary/aromatic N) is 1. The van der Waals surface area contributed by atoms with Gasteiger partial charge in [-0.25, -0.2) is 0 Å². The van der Waals surface area contributed by atoms with Gasteiger partial charge in [0.1, 0.15) is 11.5 Å². The highest BCUT2D eigenvalue weighted by molar-refractivity contribution is 6.04. The normalized spacial score (nSPS) is 13.8. The fraction of sp³-hybridized carbons (Fsp3) is 0.444. The molecule has 2 heterocycles. The molecule has 0 atom stereocenters. The molecule has 0 radical (unpaired) electrons. The lowest BCUT2D eigenvalue weighted by molar-refractivity contribution is 0.0660. The zero-order chi connectivity index (χ0) is 17.1. The standard InChI is InChI=1S/C18H22N2O4/c1-12-16-14(6-3-7-15(16)21)19-17(12)18(22)20(8-10-23-2)11-13-5-4-9-24-13/h4-5,9,19H,3,6-8,10-11H2,1-2H3. The zero-order valence-electron chi connectivity index (χ0n) is 14.1. The molecule has 0 aliphatic heterocycles. The van der Waals surface area contributed by atoms with Crippen LogP contribution in [-0.2, 0) is 17.7 Å². The molecule has 0 saturated carbocycles. The lowest BCUT2D eigenvalue weighted by Gasteiger charge is -2.21. The molecule has 1 aliphatic rings. The van der Waals surface area contributed by atoms with E-state index in [9.17, 15) is 9.59 Å². The van der Waals surface area contributed by atoms with E-state index in [1.165, 1.54) is 0 Å². The Morgan fingerprint density at radius 3 is 2.92 bits per heavy atom. The van der Waals surface area contributed by atoms with Crippen molar-refractivity contribution in [1.29, 1.82) is 0 Å². The molecular formula is C18H22N2O4. The van der Waals surface area contributed by atoms with Crippen LogP contribution in [0.1, 0.15) is 50.7 Å². The maximum absolute atomic E-state index is 13.0. The molecule has 6 heteroatoms. The summed E-state index contributed by atoms with van der Waals surface area (Å²) >= 11 is 0. The van der Waals surface area contributed by atoms with Crippen LogP contribution >= 0.6 is 0 Å². The van der Waals surface area contributed by atoms with E-state index in [4.69, 9.17) is 9.15 Å². The highest BCUT2D eigenvalue weighted by atomic mass is 16.5. The van der Waals surface area contributed by atoms with E-state index in [1.807, 2.05) is 13.0 Å². The molecule has 3 rings (SSSR count). The first-order valence-electron chi connectivity index (χ1n) is 8.17. The number of aromatic amines is 1. The van der Waals surface area contributed by atoms with Crippen LogP contribution in [0.25, 0.3) is 0 Å². The van der Waals surface area contributed by atoms with Crippen molar-refractivity contribution in [2.45, 2.75) is 32.7 Å². The van der Waals surface area contributed by atoms with E-state index in [2.05, 4.69) is 4.98 Å². The predicted molar refractivity (Wildman–Crippen MR) is 88.1 cm³/mol. The van der Waals surface area contributed by atoms with Crippen LogP contribution in [0, 0.1) is 6.92 Å². The molecule has 0 spiro atoms. The third-order valence-electron chi connectivity index (χ3n) is 4.43. The summed E-state index contributed by atoms with van der Waals surface area (Å²) in [7, 11) is 1.60. The fourth-order valence-corrected chi connectivity index (χ4v) is 3.19. The highest BCUT2D eigenvalue weighted by Crippen LogP contribution is 2.27. The van der Waals surface area contributed by atoms with E-state index >= 15 is 0 Å². The minimum absolute atomic E-state index is 0.124. The van der Waals surface area contributed by atoms with Crippen molar-refractivity contribution in [2.75, 3.05) is 20.3 Å². The summed E-state index contributed by atoms with van der Waals surface area (Å²) in [6, 6.07) is 3.63. The monoisotopic (exact) mass is 330 g/mol. The summed E-state index contributed by atoms with van der Waals surface area (Å²) in [6.07, 6.45) is 3.79. The van der Waals surface area contributed by atoms with E-state index in [1.54, 1.807) is 24.3 Å². The first kappa shape index (κ1) is 16.5. The van der Waals surface area contributed by atoms with Crippen molar-refractivity contribution in [1.82, 2.24) is 9.88 Å². The number of furan rings is 1. The van der Waals surface area contributed by atoms with Crippen molar-refractivity contribution in [3.63, 3.8) is 0 Å². The van der Waals surface area contributed by atoms with Crippen LogP contribution in [0.15, 0.2) is 22.8 Å². The summed E-state index contributed by atoms with van der Waals surface area (Å²) in [5, 5.41) is 0. The molecule has 1 aliphatic carbocycles. The Labute approximate surface area is 140 Å². The average Bonchev–Trinajstić information content (AvgIpc) is 3.19. The van der Waals surface area contributed by atoms with Gasteiger partial charge in [-0.3, -0.25) is 9.59 Å². The van der Waals surface area contributed by atoms with Gasteiger partial charge in [0.2, 0.25) is 0 Å². The van der Waals surface area contributed by atoms with E-state index in [0.717, 1.165) is 24.1 Å². The second-order valence-corrected chi connectivity index (χ2v) is 6.05. The number of aryl methyl sites for hydroxylation is 1. The van der Waals surface area contributed by atoms with Crippen molar-refractivity contribution in [3.05, 3.63) is 46.7 Å². The van der Waals surface area contributed by atoms with Gasteiger partial charge in [0.05, 0.1) is 19.4 Å². The molecule has 0 fully saturated rings. The molecule has 128 valence electrons. The Morgan fingerprint density at radius 2 is 2.25 bits per heavy atom. The van der Waals surface area contributed by atoms with E-state index in [0.29, 0.717) is 43.1 Å². The van der Waals surface area contributed by atoms with Gasteiger partial charge in [0.15, 0.2) is 5.78 Å². The molecule has 0 saturated heterocycles. The minimum atomic E-state index is -0.136. The van der Waals surface area contributed by atoms with Crippen LogP contribution in [0.5, 0.6) is 0 Å². The number of fused-ring (bicyclic) bond motifs is 1. The number of carbonyl (C=O) groups is 2. The maximum Gasteiger partial charge on any atom is 0.271 e. The smallest absolute Gasteiger partial charge is 0.271 e. The van der Waals surface area contributed by atoms with Crippen LogP contribution < -0.4 is 0 Å². The lowest BCUT2D eigenvalue weighted by Crippen LogP contribution is -2.34. The van der Waals surface area contributed by atoms with Gasteiger partial charge in [0, 0.05) is 31.3 Å². The summed E-state index contributed by atoms with van der Waals surface area (Å²) in [5.41, 5.74) is 2.84. The van der Waals surface area contributed by atoms with Gasteiger partial charge < -0.3 is 19.0 Å². The minimum Gasteiger partial charge on any atom is -0.467 e. The van der Waals surface area contributed by atoms with Crippen molar-refractivity contribution >= 4 is 11.7 Å². The maximum atomic E-state index is 13.0. The number of aromatic nitrogens is 1. The predicted octanol–water partition coefficient (Wildman–Crippen LogP) is 2.72. The van der Waals surface area contributed by atoms with Crippen molar-refractivity contribution < 1.29 is 18.7 Å². The van der Waals surface area contributed by atoms with Gasteiger partial charge in [-0.2, -0.15) is 0 Å². The van der Waals surface area contributed by atoms with Crippen LogP contribution in [0.3, 0.4) is 0 Å². The number of carbonyl (C=O) groups excluding carboxylic acids is 2. The molecular weight excluding hydrogens is 308 g/mol. The van der Waals surface area contributed by atoms with Crippen molar-refractivity contribution in [2.24, 2.45) is 0 Å². The second-order valence-electron chi connectivity index (χ2n) is 6.05. The number of nitrogens with one attached hydrogen (secondary N) is 1. The fourth-order valence-electron chi connectivity index (χ4n) is 3.19. The van der Waals surface area contributed by atoms with E-state index in [-0.39, 0.29) is 11.7 Å². The number of amides is 1. The molecule has 0 unspecified atom stereocenters. The summed E-state index contributed by atoms with van der Waals surface area (Å²) in [4.78, 5) is 30.0. The number of hydrogen-bond donors (Lipinski definition) is 1. The Kier molecular flexibility index (Phi) is 4.85. The Morgan fingerprint density at radius 1 is 1.42 bits per heavy atom. The molecule has 24 heavy (non-hydrogen) atoms. The molecule has 6 nitrogen and oxygen atoms in total. The Bertz CT molecular complexity index is 731. The lowest BCUT2D eigenvalue weighted by atomic mass is 9.94. The topological polar surface area (TPSA) is 75.5 Å². The van der Waals surface area contributed by atoms with E-state index < -0.39 is 0 Å². The highest BCUT2D eigenvalue weighted by Gasteiger charge is 2.28. The molecule has 1 amide bonds. The van der Waals surface area contributed by atoms with Gasteiger partial charge in [-0.05, 0) is 37.5 Å². The number of methoxy groups -OCH3 is 1. The SMILES string of the molecule is COCCN(Cc1ccco1)C(=O)c1[nH]c2c(c1C)C(=O)CCC2. The number of ketones is 1. The largest absolute Gasteiger partial charge is 0.467 e. The van der Waals surface area contributed by atoms with Crippen LogP contribution in [0.2, 0.25) is 0 Å². The molecule has 2 aromatic rings. The quantitative estimate of drug-likeness (QED) is 0.883. The van der Waals surface area contributed by atoms with Gasteiger partial charge >= 0.3 is 0 Å². The molecule has 2 aromatic heterocycles. The first-order valence-corrected chi connectivity index (χ1v) is 8.17.